The van der Waals surface area contributed by atoms with Crippen LogP contribution in [0.4, 0.5) is 4.39 Å². The highest BCUT2D eigenvalue weighted by Gasteiger charge is 2.11. The largest absolute Gasteiger partial charge is 0.334 e. The summed E-state index contributed by atoms with van der Waals surface area (Å²) in [6.07, 6.45) is 0.790. The number of benzene rings is 2. The Bertz CT molecular complexity index is 755. The fourth-order valence-electron chi connectivity index (χ4n) is 2.11. The van der Waals surface area contributed by atoms with E-state index in [2.05, 4.69) is 10.1 Å². The number of rotatable bonds is 4. The van der Waals surface area contributed by atoms with E-state index in [4.69, 9.17) is 10.3 Å². The monoisotopic (exact) mass is 283 g/mol. The summed E-state index contributed by atoms with van der Waals surface area (Å²) in [6, 6.07) is 13.9. The molecule has 0 unspecified atom stereocenters. The zero-order chi connectivity index (χ0) is 14.7. The third kappa shape index (κ3) is 2.98. The van der Waals surface area contributed by atoms with Crippen molar-refractivity contribution >= 4 is 0 Å². The summed E-state index contributed by atoms with van der Waals surface area (Å²) in [6.45, 7) is 0.585. The van der Waals surface area contributed by atoms with Gasteiger partial charge in [-0.3, -0.25) is 0 Å². The molecule has 0 aliphatic rings. The molecule has 1 heterocycles. The van der Waals surface area contributed by atoms with E-state index in [1.54, 1.807) is 12.1 Å². The van der Waals surface area contributed by atoms with E-state index < -0.39 is 0 Å². The number of nitrogens with two attached hydrogens (primary N) is 1. The minimum atomic E-state index is -0.330. The first-order valence-corrected chi connectivity index (χ1v) is 6.65. The first kappa shape index (κ1) is 13.5. The standard InChI is InChI=1S/C16H14FN3O/c17-14-6-2-4-12(10-14)15-19-16(21-20-15)13-5-1-3-11(9-13)7-8-18/h1-6,9-10H,7-8,18H2. The summed E-state index contributed by atoms with van der Waals surface area (Å²) in [5.74, 6) is 0.450. The van der Waals surface area contributed by atoms with Crippen LogP contribution in [0.15, 0.2) is 53.1 Å². The molecule has 21 heavy (non-hydrogen) atoms. The van der Waals surface area contributed by atoms with Gasteiger partial charge in [0.25, 0.3) is 5.89 Å². The molecule has 0 spiro atoms. The smallest absolute Gasteiger partial charge is 0.258 e. The van der Waals surface area contributed by atoms with Crippen molar-refractivity contribution in [3.05, 3.63) is 59.9 Å². The Morgan fingerprint density at radius 2 is 1.86 bits per heavy atom. The van der Waals surface area contributed by atoms with Crippen LogP contribution in [0.5, 0.6) is 0 Å². The minimum absolute atomic E-state index is 0.330. The highest BCUT2D eigenvalue weighted by molar-refractivity contribution is 5.60. The van der Waals surface area contributed by atoms with Gasteiger partial charge >= 0.3 is 0 Å². The normalized spacial score (nSPS) is 10.8. The third-order valence-electron chi connectivity index (χ3n) is 3.12. The summed E-state index contributed by atoms with van der Waals surface area (Å²) in [4.78, 5) is 4.32. The molecule has 3 aromatic rings. The van der Waals surface area contributed by atoms with Crippen molar-refractivity contribution in [3.8, 4) is 22.8 Å². The predicted octanol–water partition coefficient (Wildman–Crippen LogP) is 3.04. The van der Waals surface area contributed by atoms with Gasteiger partial charge in [-0.05, 0) is 42.8 Å². The van der Waals surface area contributed by atoms with E-state index >= 15 is 0 Å². The number of hydrogen-bond donors (Lipinski definition) is 1. The molecule has 0 aliphatic carbocycles. The second-order valence-corrected chi connectivity index (χ2v) is 4.67. The van der Waals surface area contributed by atoms with Crippen molar-refractivity contribution in [1.29, 1.82) is 0 Å². The van der Waals surface area contributed by atoms with Gasteiger partial charge < -0.3 is 10.3 Å². The van der Waals surface area contributed by atoms with Gasteiger partial charge in [-0.25, -0.2) is 4.39 Å². The molecule has 0 saturated carbocycles. The molecular formula is C16H14FN3O. The Hall–Kier alpha value is -2.53. The molecule has 4 nitrogen and oxygen atoms in total. The van der Waals surface area contributed by atoms with Crippen LogP contribution in [0, 0.1) is 5.82 Å². The molecule has 0 radical (unpaired) electrons. The van der Waals surface area contributed by atoms with Crippen LogP contribution in [0.1, 0.15) is 5.56 Å². The lowest BCUT2D eigenvalue weighted by Gasteiger charge is -2.00. The van der Waals surface area contributed by atoms with Crippen LogP contribution in [0.3, 0.4) is 0 Å². The second kappa shape index (κ2) is 5.85. The summed E-state index contributed by atoms with van der Waals surface area (Å²) in [7, 11) is 0. The van der Waals surface area contributed by atoms with Gasteiger partial charge in [-0.15, -0.1) is 0 Å². The number of aromatic nitrogens is 2. The maximum absolute atomic E-state index is 13.2. The van der Waals surface area contributed by atoms with Gasteiger partial charge in [0.05, 0.1) is 0 Å². The first-order chi connectivity index (χ1) is 10.3. The Kier molecular flexibility index (Phi) is 3.75. The Morgan fingerprint density at radius 1 is 1.05 bits per heavy atom. The van der Waals surface area contributed by atoms with E-state index in [-0.39, 0.29) is 5.82 Å². The SMILES string of the molecule is NCCc1cccc(-c2nc(-c3cccc(F)c3)no2)c1. The van der Waals surface area contributed by atoms with Crippen molar-refractivity contribution in [2.24, 2.45) is 5.73 Å². The zero-order valence-electron chi connectivity index (χ0n) is 11.3. The second-order valence-electron chi connectivity index (χ2n) is 4.67. The topological polar surface area (TPSA) is 64.9 Å². The van der Waals surface area contributed by atoms with E-state index in [1.165, 1.54) is 12.1 Å². The van der Waals surface area contributed by atoms with Crippen LogP contribution >= 0.6 is 0 Å². The van der Waals surface area contributed by atoms with Gasteiger partial charge in [0.15, 0.2) is 0 Å². The quantitative estimate of drug-likeness (QED) is 0.799. The van der Waals surface area contributed by atoms with Gasteiger partial charge in [0, 0.05) is 11.1 Å². The molecule has 2 aromatic carbocycles. The van der Waals surface area contributed by atoms with Crippen LogP contribution in [-0.4, -0.2) is 16.7 Å². The van der Waals surface area contributed by atoms with Gasteiger partial charge in [0.1, 0.15) is 5.82 Å². The van der Waals surface area contributed by atoms with Crippen LogP contribution in [0.2, 0.25) is 0 Å². The average molecular weight is 283 g/mol. The molecule has 0 atom stereocenters. The molecule has 0 amide bonds. The minimum Gasteiger partial charge on any atom is -0.334 e. The molecule has 1 aromatic heterocycles. The molecule has 0 saturated heterocycles. The Balaban J connectivity index is 1.93. The van der Waals surface area contributed by atoms with Crippen molar-refractivity contribution in [3.63, 3.8) is 0 Å². The van der Waals surface area contributed by atoms with Gasteiger partial charge in [-0.1, -0.05) is 29.4 Å². The molecule has 3 rings (SSSR count). The lowest BCUT2D eigenvalue weighted by Crippen LogP contribution is -2.02. The Labute approximate surface area is 121 Å². The van der Waals surface area contributed by atoms with Gasteiger partial charge in [-0.2, -0.15) is 4.98 Å². The zero-order valence-corrected chi connectivity index (χ0v) is 11.3. The van der Waals surface area contributed by atoms with Crippen molar-refractivity contribution in [2.45, 2.75) is 6.42 Å². The molecule has 0 bridgehead atoms. The molecule has 0 aliphatic heterocycles. The van der Waals surface area contributed by atoms with Crippen molar-refractivity contribution < 1.29 is 8.91 Å². The highest BCUT2D eigenvalue weighted by atomic mass is 19.1. The maximum atomic E-state index is 13.2. The molecule has 5 heteroatoms. The Morgan fingerprint density at radius 3 is 2.67 bits per heavy atom. The van der Waals surface area contributed by atoms with Crippen LogP contribution in [0.25, 0.3) is 22.8 Å². The van der Waals surface area contributed by atoms with Crippen LogP contribution < -0.4 is 5.73 Å². The fraction of sp³-hybridized carbons (Fsp3) is 0.125. The van der Waals surface area contributed by atoms with Gasteiger partial charge in [0.2, 0.25) is 5.82 Å². The number of halogens is 1. The summed E-state index contributed by atoms with van der Waals surface area (Å²) in [5, 5.41) is 3.90. The maximum Gasteiger partial charge on any atom is 0.258 e. The third-order valence-corrected chi connectivity index (χ3v) is 3.12. The first-order valence-electron chi connectivity index (χ1n) is 6.65. The molecule has 2 N–H and O–H groups in total. The summed E-state index contributed by atoms with van der Waals surface area (Å²) < 4.78 is 18.5. The predicted molar refractivity (Wildman–Crippen MR) is 77.9 cm³/mol. The molecule has 0 fully saturated rings. The van der Waals surface area contributed by atoms with E-state index in [0.29, 0.717) is 23.8 Å². The van der Waals surface area contributed by atoms with E-state index in [9.17, 15) is 4.39 Å². The van der Waals surface area contributed by atoms with E-state index in [1.807, 2.05) is 24.3 Å². The lowest BCUT2D eigenvalue weighted by molar-refractivity contribution is 0.432. The summed E-state index contributed by atoms with van der Waals surface area (Å²) >= 11 is 0. The fourth-order valence-corrected chi connectivity index (χ4v) is 2.11. The number of hydrogen-bond acceptors (Lipinski definition) is 4. The van der Waals surface area contributed by atoms with Crippen LogP contribution in [-0.2, 0) is 6.42 Å². The average Bonchev–Trinajstić information content (AvgIpc) is 2.98. The van der Waals surface area contributed by atoms with Crippen molar-refractivity contribution in [2.75, 3.05) is 6.54 Å². The summed E-state index contributed by atoms with van der Waals surface area (Å²) in [5.41, 5.74) is 8.08. The molecule has 106 valence electrons. The van der Waals surface area contributed by atoms with Crippen molar-refractivity contribution in [1.82, 2.24) is 10.1 Å². The van der Waals surface area contributed by atoms with E-state index in [0.717, 1.165) is 17.5 Å². The highest BCUT2D eigenvalue weighted by Crippen LogP contribution is 2.23. The molecular weight excluding hydrogens is 269 g/mol. The lowest BCUT2D eigenvalue weighted by atomic mass is 10.1. The number of nitrogens with zero attached hydrogens (tertiary/aromatic N) is 2.